The minimum absolute atomic E-state index is 0.159. The number of piperidine rings is 1. The summed E-state index contributed by atoms with van der Waals surface area (Å²) in [5.41, 5.74) is 3.50. The molecule has 1 fully saturated rings. The Morgan fingerprint density at radius 2 is 1.68 bits per heavy atom. The quantitative estimate of drug-likeness (QED) is 0.650. The van der Waals surface area contributed by atoms with Crippen LogP contribution >= 0.6 is 0 Å². The lowest BCUT2D eigenvalue weighted by Crippen LogP contribution is -2.39. The smallest absolute Gasteiger partial charge is 0.175 e. The Hall–Kier alpha value is -2.67. The molecule has 1 aliphatic rings. The number of anilines is 2. The molecule has 0 radical (unpaired) electrons. The van der Waals surface area contributed by atoms with Gasteiger partial charge in [0.1, 0.15) is 12.1 Å². The van der Waals surface area contributed by atoms with Gasteiger partial charge in [0.15, 0.2) is 9.84 Å². The second kappa shape index (κ2) is 8.11. The van der Waals surface area contributed by atoms with Crippen molar-refractivity contribution in [3.8, 4) is 0 Å². The SMILES string of the molecule is CC(C)(C)c1ccc(N2CCC(Nc3ncnc4ccc(S(C)(=O)=O)cc34)CC2)cc1. The molecule has 31 heavy (non-hydrogen) atoms. The number of rotatable bonds is 4. The first-order valence-electron chi connectivity index (χ1n) is 10.7. The molecule has 4 rings (SSSR count). The van der Waals surface area contributed by atoms with Gasteiger partial charge in [-0.1, -0.05) is 32.9 Å². The predicted molar refractivity (Wildman–Crippen MR) is 127 cm³/mol. The van der Waals surface area contributed by atoms with Crippen LogP contribution in [0.15, 0.2) is 53.7 Å². The highest BCUT2D eigenvalue weighted by atomic mass is 32.2. The van der Waals surface area contributed by atoms with E-state index < -0.39 is 9.84 Å². The third-order valence-electron chi connectivity index (χ3n) is 5.97. The highest BCUT2D eigenvalue weighted by Crippen LogP contribution is 2.28. The first-order chi connectivity index (χ1) is 14.6. The normalized spacial score (nSPS) is 15.9. The van der Waals surface area contributed by atoms with Crippen molar-refractivity contribution < 1.29 is 8.42 Å². The fourth-order valence-corrected chi connectivity index (χ4v) is 4.68. The van der Waals surface area contributed by atoms with E-state index in [1.807, 2.05) is 0 Å². The molecule has 0 unspecified atom stereocenters. The Morgan fingerprint density at radius 1 is 1.00 bits per heavy atom. The lowest BCUT2D eigenvalue weighted by Gasteiger charge is -2.34. The molecule has 0 bridgehead atoms. The van der Waals surface area contributed by atoms with E-state index in [4.69, 9.17) is 0 Å². The molecule has 0 spiro atoms. The predicted octanol–water partition coefficient (Wildman–Crippen LogP) is 4.41. The first-order valence-corrected chi connectivity index (χ1v) is 12.6. The largest absolute Gasteiger partial charge is 0.371 e. The average molecular weight is 439 g/mol. The van der Waals surface area contributed by atoms with Gasteiger partial charge < -0.3 is 10.2 Å². The number of hydrogen-bond acceptors (Lipinski definition) is 6. The van der Waals surface area contributed by atoms with Crippen molar-refractivity contribution >= 4 is 32.2 Å². The number of nitrogens with one attached hydrogen (secondary N) is 1. The molecule has 3 aromatic rings. The molecule has 1 aromatic heterocycles. The fraction of sp³-hybridized carbons (Fsp3) is 0.417. The van der Waals surface area contributed by atoms with E-state index in [2.05, 4.69) is 65.2 Å². The number of sulfone groups is 1. The maximum Gasteiger partial charge on any atom is 0.175 e. The molecular formula is C24H30N4O2S. The van der Waals surface area contributed by atoms with Gasteiger partial charge in [0.25, 0.3) is 0 Å². The van der Waals surface area contributed by atoms with Crippen molar-refractivity contribution in [3.05, 3.63) is 54.4 Å². The van der Waals surface area contributed by atoms with Crippen LogP contribution in [0.4, 0.5) is 11.5 Å². The van der Waals surface area contributed by atoms with Gasteiger partial charge in [-0.3, -0.25) is 0 Å². The monoisotopic (exact) mass is 438 g/mol. The van der Waals surface area contributed by atoms with Crippen molar-refractivity contribution in [2.75, 3.05) is 29.6 Å². The lowest BCUT2D eigenvalue weighted by molar-refractivity contribution is 0.525. The van der Waals surface area contributed by atoms with Crippen LogP contribution in [0, 0.1) is 0 Å². The Labute approximate surface area is 184 Å². The standard InChI is InChI=1S/C24H30N4O2S/c1-24(2,3)17-5-7-19(8-6-17)28-13-11-18(12-14-28)27-23-21-15-20(31(4,29)30)9-10-22(21)25-16-26-23/h5-10,15-16,18H,11-14H2,1-4H3,(H,25,26,27). The lowest BCUT2D eigenvalue weighted by atomic mass is 9.87. The maximum atomic E-state index is 12.0. The molecular weight excluding hydrogens is 408 g/mol. The van der Waals surface area contributed by atoms with Gasteiger partial charge in [-0.15, -0.1) is 0 Å². The van der Waals surface area contributed by atoms with Gasteiger partial charge in [-0.25, -0.2) is 18.4 Å². The summed E-state index contributed by atoms with van der Waals surface area (Å²) in [7, 11) is -3.28. The molecule has 0 saturated carbocycles. The summed E-state index contributed by atoms with van der Waals surface area (Å²) >= 11 is 0. The molecule has 1 saturated heterocycles. The van der Waals surface area contributed by atoms with Crippen LogP contribution in [0.25, 0.3) is 10.9 Å². The number of hydrogen-bond donors (Lipinski definition) is 1. The van der Waals surface area contributed by atoms with Crippen LogP contribution < -0.4 is 10.2 Å². The second-order valence-electron chi connectivity index (χ2n) is 9.38. The minimum Gasteiger partial charge on any atom is -0.371 e. The van der Waals surface area contributed by atoms with E-state index in [1.54, 1.807) is 18.2 Å². The van der Waals surface area contributed by atoms with Crippen molar-refractivity contribution in [2.45, 2.75) is 50.0 Å². The van der Waals surface area contributed by atoms with Crippen LogP contribution in [0.3, 0.4) is 0 Å². The Balaban J connectivity index is 1.46. The topological polar surface area (TPSA) is 75.2 Å². The molecule has 6 nitrogen and oxygen atoms in total. The summed E-state index contributed by atoms with van der Waals surface area (Å²) in [6.45, 7) is 8.62. The van der Waals surface area contributed by atoms with Crippen molar-refractivity contribution in [2.24, 2.45) is 0 Å². The third-order valence-corrected chi connectivity index (χ3v) is 7.08. The number of fused-ring (bicyclic) bond motifs is 1. The van der Waals surface area contributed by atoms with Gasteiger partial charge in [-0.2, -0.15) is 0 Å². The van der Waals surface area contributed by atoms with E-state index in [1.165, 1.54) is 23.8 Å². The molecule has 7 heteroatoms. The van der Waals surface area contributed by atoms with E-state index in [9.17, 15) is 8.42 Å². The summed E-state index contributed by atoms with van der Waals surface area (Å²) in [5, 5.41) is 4.27. The fourth-order valence-electron chi connectivity index (χ4n) is 4.03. The molecule has 0 amide bonds. The van der Waals surface area contributed by atoms with Gasteiger partial charge in [0, 0.05) is 36.5 Å². The van der Waals surface area contributed by atoms with Crippen LogP contribution in [-0.2, 0) is 15.3 Å². The van der Waals surface area contributed by atoms with Crippen LogP contribution in [-0.4, -0.2) is 43.8 Å². The van der Waals surface area contributed by atoms with Crippen LogP contribution in [0.1, 0.15) is 39.2 Å². The summed E-state index contributed by atoms with van der Waals surface area (Å²) < 4.78 is 23.9. The highest BCUT2D eigenvalue weighted by molar-refractivity contribution is 7.90. The number of aromatic nitrogens is 2. The van der Waals surface area contributed by atoms with Gasteiger partial charge in [0.05, 0.1) is 10.4 Å². The zero-order chi connectivity index (χ0) is 22.2. The molecule has 2 heterocycles. The zero-order valence-electron chi connectivity index (χ0n) is 18.6. The summed E-state index contributed by atoms with van der Waals surface area (Å²) in [5.74, 6) is 0.698. The second-order valence-corrected chi connectivity index (χ2v) is 11.4. The maximum absolute atomic E-state index is 12.0. The number of benzene rings is 2. The van der Waals surface area contributed by atoms with Gasteiger partial charge in [0.2, 0.25) is 0 Å². The van der Waals surface area contributed by atoms with E-state index in [-0.39, 0.29) is 16.4 Å². The zero-order valence-corrected chi connectivity index (χ0v) is 19.4. The summed E-state index contributed by atoms with van der Waals surface area (Å²) in [6.07, 6.45) is 4.71. The van der Waals surface area contributed by atoms with Crippen molar-refractivity contribution in [3.63, 3.8) is 0 Å². The van der Waals surface area contributed by atoms with Crippen molar-refractivity contribution in [1.82, 2.24) is 9.97 Å². The molecule has 1 aliphatic heterocycles. The first kappa shape index (κ1) is 21.6. The van der Waals surface area contributed by atoms with E-state index in [0.717, 1.165) is 36.8 Å². The Morgan fingerprint density at radius 3 is 2.29 bits per heavy atom. The molecule has 0 aliphatic carbocycles. The molecule has 2 aromatic carbocycles. The number of nitrogens with zero attached hydrogens (tertiary/aromatic N) is 3. The molecule has 1 N–H and O–H groups in total. The van der Waals surface area contributed by atoms with Crippen LogP contribution in [0.2, 0.25) is 0 Å². The average Bonchev–Trinajstić information content (AvgIpc) is 2.73. The van der Waals surface area contributed by atoms with Gasteiger partial charge >= 0.3 is 0 Å². The summed E-state index contributed by atoms with van der Waals surface area (Å²) in [6, 6.07) is 14.2. The summed E-state index contributed by atoms with van der Waals surface area (Å²) in [4.78, 5) is 11.4. The Kier molecular flexibility index (Phi) is 5.64. The molecule has 164 valence electrons. The molecule has 0 atom stereocenters. The van der Waals surface area contributed by atoms with Crippen molar-refractivity contribution in [1.29, 1.82) is 0 Å². The highest BCUT2D eigenvalue weighted by Gasteiger charge is 2.21. The minimum atomic E-state index is -3.28. The van der Waals surface area contributed by atoms with Gasteiger partial charge in [-0.05, 0) is 54.2 Å². The third kappa shape index (κ3) is 4.82. The van der Waals surface area contributed by atoms with E-state index >= 15 is 0 Å². The van der Waals surface area contributed by atoms with E-state index in [0.29, 0.717) is 5.82 Å². The van der Waals surface area contributed by atoms with Crippen LogP contribution in [0.5, 0.6) is 0 Å². The Bertz CT molecular complexity index is 1180.